The molecule has 0 aromatic heterocycles. The molecule has 0 radical (unpaired) electrons. The van der Waals surface area contributed by atoms with Gasteiger partial charge < -0.3 is 4.74 Å². The normalized spacial score (nSPS) is 10.2. The Hall–Kier alpha value is -1.80. The van der Waals surface area contributed by atoms with Gasteiger partial charge in [-0.3, -0.25) is 4.79 Å². The van der Waals surface area contributed by atoms with Crippen LogP contribution in [0.25, 0.3) is 11.1 Å². The average Bonchev–Trinajstić information content (AvgIpc) is 2.41. The molecular formula is C15H13ClO2. The molecule has 0 amide bonds. The summed E-state index contributed by atoms with van der Waals surface area (Å²) in [5.41, 5.74) is 3.44. The summed E-state index contributed by atoms with van der Waals surface area (Å²) in [5.74, 6) is 0.728. The highest BCUT2D eigenvalue weighted by molar-refractivity contribution is 6.31. The van der Waals surface area contributed by atoms with Crippen molar-refractivity contribution in [2.24, 2.45) is 0 Å². The second-order valence-corrected chi connectivity index (χ2v) is 4.40. The SMILES string of the molecule is COc1ccc(C=O)cc1-c1cccc(Cl)c1C. The molecule has 0 N–H and O–H groups in total. The highest BCUT2D eigenvalue weighted by Gasteiger charge is 2.10. The lowest BCUT2D eigenvalue weighted by Gasteiger charge is -2.12. The van der Waals surface area contributed by atoms with E-state index >= 15 is 0 Å². The van der Waals surface area contributed by atoms with Crippen molar-refractivity contribution in [3.05, 3.63) is 52.5 Å². The van der Waals surface area contributed by atoms with Crippen molar-refractivity contribution in [2.45, 2.75) is 6.92 Å². The molecule has 0 saturated heterocycles. The zero-order valence-corrected chi connectivity index (χ0v) is 11.0. The fraction of sp³-hybridized carbons (Fsp3) is 0.133. The van der Waals surface area contributed by atoms with Gasteiger partial charge in [0.2, 0.25) is 0 Å². The Labute approximate surface area is 111 Å². The molecule has 0 fully saturated rings. The first-order valence-electron chi connectivity index (χ1n) is 5.56. The van der Waals surface area contributed by atoms with Crippen LogP contribution < -0.4 is 4.74 Å². The van der Waals surface area contributed by atoms with Crippen LogP contribution in [0.3, 0.4) is 0 Å². The molecule has 2 rings (SSSR count). The zero-order valence-electron chi connectivity index (χ0n) is 10.2. The summed E-state index contributed by atoms with van der Waals surface area (Å²) in [5, 5.41) is 0.700. The fourth-order valence-electron chi connectivity index (χ4n) is 1.91. The molecule has 2 aromatic rings. The summed E-state index contributed by atoms with van der Waals surface area (Å²) < 4.78 is 5.34. The van der Waals surface area contributed by atoms with Crippen molar-refractivity contribution in [1.29, 1.82) is 0 Å². The number of carbonyl (C=O) groups is 1. The summed E-state index contributed by atoms with van der Waals surface area (Å²) in [6.45, 7) is 1.95. The van der Waals surface area contributed by atoms with Crippen molar-refractivity contribution in [1.82, 2.24) is 0 Å². The van der Waals surface area contributed by atoms with Crippen LogP contribution in [0.5, 0.6) is 5.75 Å². The van der Waals surface area contributed by atoms with E-state index in [4.69, 9.17) is 16.3 Å². The Balaban J connectivity index is 2.68. The largest absolute Gasteiger partial charge is 0.496 e. The summed E-state index contributed by atoms with van der Waals surface area (Å²) in [6.07, 6.45) is 0.822. The molecule has 0 saturated carbocycles. The molecule has 0 heterocycles. The minimum Gasteiger partial charge on any atom is -0.496 e. The molecule has 0 atom stereocenters. The third-order valence-electron chi connectivity index (χ3n) is 2.92. The minimum atomic E-state index is 0.616. The molecule has 0 spiro atoms. The number of carbonyl (C=O) groups excluding carboxylic acids is 1. The molecule has 0 unspecified atom stereocenters. The highest BCUT2D eigenvalue weighted by atomic mass is 35.5. The zero-order chi connectivity index (χ0) is 13.1. The summed E-state index contributed by atoms with van der Waals surface area (Å²) in [6, 6.07) is 11.0. The van der Waals surface area contributed by atoms with Gasteiger partial charge in [-0.15, -0.1) is 0 Å². The quantitative estimate of drug-likeness (QED) is 0.776. The van der Waals surface area contributed by atoms with Crippen molar-refractivity contribution in [3.8, 4) is 16.9 Å². The van der Waals surface area contributed by atoms with E-state index in [1.807, 2.05) is 31.2 Å². The second kappa shape index (κ2) is 5.23. The van der Waals surface area contributed by atoms with E-state index in [0.717, 1.165) is 28.7 Å². The van der Waals surface area contributed by atoms with E-state index in [1.54, 1.807) is 19.2 Å². The Bertz CT molecular complexity index is 591. The molecular weight excluding hydrogens is 248 g/mol. The second-order valence-electron chi connectivity index (χ2n) is 3.99. The van der Waals surface area contributed by atoms with E-state index in [-0.39, 0.29) is 0 Å². The minimum absolute atomic E-state index is 0.616. The van der Waals surface area contributed by atoms with E-state index in [1.165, 1.54) is 0 Å². The number of ether oxygens (including phenoxy) is 1. The molecule has 0 aliphatic carbocycles. The van der Waals surface area contributed by atoms with E-state index in [2.05, 4.69) is 0 Å². The predicted molar refractivity (Wildman–Crippen MR) is 73.6 cm³/mol. The van der Waals surface area contributed by atoms with E-state index < -0.39 is 0 Å². The van der Waals surface area contributed by atoms with E-state index in [0.29, 0.717) is 10.6 Å². The van der Waals surface area contributed by atoms with Gasteiger partial charge in [0.1, 0.15) is 12.0 Å². The molecule has 2 nitrogen and oxygen atoms in total. The van der Waals surface area contributed by atoms with Crippen molar-refractivity contribution >= 4 is 17.9 Å². The number of hydrogen-bond acceptors (Lipinski definition) is 2. The first kappa shape index (κ1) is 12.7. The Morgan fingerprint density at radius 1 is 1.17 bits per heavy atom. The first-order chi connectivity index (χ1) is 8.67. The number of hydrogen-bond donors (Lipinski definition) is 0. The molecule has 0 bridgehead atoms. The molecule has 0 aliphatic rings. The van der Waals surface area contributed by atoms with Gasteiger partial charge in [0.25, 0.3) is 0 Å². The Kier molecular flexibility index (Phi) is 3.68. The maximum atomic E-state index is 10.9. The molecule has 2 aromatic carbocycles. The number of halogens is 1. The van der Waals surface area contributed by atoms with E-state index in [9.17, 15) is 4.79 Å². The fourth-order valence-corrected chi connectivity index (χ4v) is 2.08. The highest BCUT2D eigenvalue weighted by Crippen LogP contribution is 2.35. The lowest BCUT2D eigenvalue weighted by Crippen LogP contribution is -1.92. The van der Waals surface area contributed by atoms with Gasteiger partial charge in [-0.1, -0.05) is 23.7 Å². The standard InChI is InChI=1S/C15H13ClO2/c1-10-12(4-3-5-14(10)16)13-8-11(9-17)6-7-15(13)18-2/h3-9H,1-2H3. The summed E-state index contributed by atoms with van der Waals surface area (Å²) in [7, 11) is 1.61. The third-order valence-corrected chi connectivity index (χ3v) is 3.33. The van der Waals surface area contributed by atoms with Gasteiger partial charge in [-0.05, 0) is 42.3 Å². The van der Waals surface area contributed by atoms with Crippen LogP contribution >= 0.6 is 11.6 Å². The van der Waals surface area contributed by atoms with Crippen LogP contribution in [0.15, 0.2) is 36.4 Å². The van der Waals surface area contributed by atoms with Gasteiger partial charge in [-0.25, -0.2) is 0 Å². The lowest BCUT2D eigenvalue weighted by atomic mass is 9.98. The van der Waals surface area contributed by atoms with Crippen molar-refractivity contribution in [2.75, 3.05) is 7.11 Å². The van der Waals surface area contributed by atoms with Crippen LogP contribution in [-0.4, -0.2) is 13.4 Å². The maximum absolute atomic E-state index is 10.9. The van der Waals surface area contributed by atoms with Crippen LogP contribution in [0.4, 0.5) is 0 Å². The average molecular weight is 261 g/mol. The number of rotatable bonds is 3. The predicted octanol–water partition coefficient (Wildman–Crippen LogP) is 4.14. The maximum Gasteiger partial charge on any atom is 0.150 e. The van der Waals surface area contributed by atoms with Gasteiger partial charge in [0.15, 0.2) is 0 Å². The third kappa shape index (κ3) is 2.24. The van der Waals surface area contributed by atoms with Crippen LogP contribution in [-0.2, 0) is 0 Å². The molecule has 0 aliphatic heterocycles. The number of methoxy groups -OCH3 is 1. The molecule has 18 heavy (non-hydrogen) atoms. The van der Waals surface area contributed by atoms with Crippen LogP contribution in [0.2, 0.25) is 5.02 Å². The van der Waals surface area contributed by atoms with Crippen LogP contribution in [0, 0.1) is 6.92 Å². The smallest absolute Gasteiger partial charge is 0.150 e. The number of aldehydes is 1. The first-order valence-corrected chi connectivity index (χ1v) is 5.94. The summed E-state index contributed by atoms with van der Waals surface area (Å²) in [4.78, 5) is 10.9. The van der Waals surface area contributed by atoms with Crippen LogP contribution in [0.1, 0.15) is 15.9 Å². The monoisotopic (exact) mass is 260 g/mol. The Morgan fingerprint density at radius 2 is 1.94 bits per heavy atom. The van der Waals surface area contributed by atoms with Crippen molar-refractivity contribution in [3.63, 3.8) is 0 Å². The molecule has 3 heteroatoms. The summed E-state index contributed by atoms with van der Waals surface area (Å²) >= 11 is 6.12. The van der Waals surface area contributed by atoms with Crippen molar-refractivity contribution < 1.29 is 9.53 Å². The topological polar surface area (TPSA) is 26.3 Å². The molecule has 92 valence electrons. The van der Waals surface area contributed by atoms with Gasteiger partial charge >= 0.3 is 0 Å². The van der Waals surface area contributed by atoms with Gasteiger partial charge in [0.05, 0.1) is 7.11 Å². The number of benzene rings is 2. The Morgan fingerprint density at radius 3 is 2.61 bits per heavy atom. The lowest BCUT2D eigenvalue weighted by molar-refractivity contribution is 0.112. The van der Waals surface area contributed by atoms with Gasteiger partial charge in [-0.2, -0.15) is 0 Å². The van der Waals surface area contributed by atoms with Gasteiger partial charge in [0, 0.05) is 16.1 Å².